The quantitative estimate of drug-likeness (QED) is 0.834. The van der Waals surface area contributed by atoms with Crippen LogP contribution in [0.25, 0.3) is 0 Å². The summed E-state index contributed by atoms with van der Waals surface area (Å²) in [6, 6.07) is 5.93. The van der Waals surface area contributed by atoms with E-state index in [0.717, 1.165) is 31.3 Å². The number of anilines is 1. The van der Waals surface area contributed by atoms with Crippen molar-refractivity contribution in [3.63, 3.8) is 0 Å². The molecule has 2 N–H and O–H groups in total. The molecule has 124 valence electrons. The zero-order valence-corrected chi connectivity index (χ0v) is 12.4. The van der Waals surface area contributed by atoms with Crippen LogP contribution in [0.2, 0.25) is 0 Å². The number of allylic oxidation sites excluding steroid dienone is 1. The smallest absolute Gasteiger partial charge is 0.348 e. The van der Waals surface area contributed by atoms with Crippen molar-refractivity contribution in [3.05, 3.63) is 41.5 Å². The van der Waals surface area contributed by atoms with Crippen molar-refractivity contribution < 1.29 is 22.8 Å². The first-order valence-electron chi connectivity index (χ1n) is 7.29. The van der Waals surface area contributed by atoms with E-state index < -0.39 is 12.1 Å². The number of carbonyl (C=O) groups is 2. The predicted molar refractivity (Wildman–Crippen MR) is 79.5 cm³/mol. The van der Waals surface area contributed by atoms with Crippen molar-refractivity contribution in [2.75, 3.05) is 5.32 Å². The summed E-state index contributed by atoms with van der Waals surface area (Å²) in [5.74, 6) is -2.24. The van der Waals surface area contributed by atoms with Gasteiger partial charge in [-0.1, -0.05) is 17.7 Å². The number of rotatable bonds is 4. The lowest BCUT2D eigenvalue weighted by Crippen LogP contribution is -2.30. The summed E-state index contributed by atoms with van der Waals surface area (Å²) in [6.45, 7) is 0.179. The zero-order chi connectivity index (χ0) is 16.9. The third-order valence-corrected chi connectivity index (χ3v) is 3.49. The number of benzene rings is 1. The van der Waals surface area contributed by atoms with E-state index in [1.54, 1.807) is 17.5 Å². The Labute approximate surface area is 131 Å². The van der Waals surface area contributed by atoms with Gasteiger partial charge in [0, 0.05) is 18.3 Å². The first-order chi connectivity index (χ1) is 10.8. The summed E-state index contributed by atoms with van der Waals surface area (Å²) < 4.78 is 36.6. The van der Waals surface area contributed by atoms with Crippen molar-refractivity contribution >= 4 is 17.5 Å². The van der Waals surface area contributed by atoms with Crippen LogP contribution in [0.15, 0.2) is 35.9 Å². The molecule has 1 aromatic carbocycles. The third-order valence-electron chi connectivity index (χ3n) is 3.49. The minimum Gasteiger partial charge on any atom is -0.348 e. The highest BCUT2D eigenvalue weighted by Crippen LogP contribution is 2.23. The van der Waals surface area contributed by atoms with Crippen molar-refractivity contribution in [2.24, 2.45) is 0 Å². The summed E-state index contributed by atoms with van der Waals surface area (Å²) in [7, 11) is 0. The summed E-state index contributed by atoms with van der Waals surface area (Å²) in [6.07, 6.45) is 0.721. The van der Waals surface area contributed by atoms with Crippen LogP contribution in [0.5, 0.6) is 0 Å². The first-order valence-corrected chi connectivity index (χ1v) is 7.29. The Kier molecular flexibility index (Phi) is 5.41. The fraction of sp³-hybridized carbons (Fsp3) is 0.375. The Morgan fingerprint density at radius 3 is 2.52 bits per heavy atom. The van der Waals surface area contributed by atoms with Crippen molar-refractivity contribution in [2.45, 2.75) is 38.4 Å². The highest BCUT2D eigenvalue weighted by molar-refractivity contribution is 5.95. The van der Waals surface area contributed by atoms with E-state index in [9.17, 15) is 22.8 Å². The second kappa shape index (κ2) is 7.30. The van der Waals surface area contributed by atoms with E-state index >= 15 is 0 Å². The molecule has 1 aliphatic rings. The maximum atomic E-state index is 12.2. The lowest BCUT2D eigenvalue weighted by Gasteiger charge is -2.09. The first kappa shape index (κ1) is 17.1. The van der Waals surface area contributed by atoms with E-state index in [2.05, 4.69) is 5.32 Å². The van der Waals surface area contributed by atoms with Gasteiger partial charge >= 0.3 is 12.1 Å². The number of amides is 2. The van der Waals surface area contributed by atoms with Gasteiger partial charge in [0.05, 0.1) is 0 Å². The molecular weight excluding hydrogens is 309 g/mol. The fourth-order valence-electron chi connectivity index (χ4n) is 2.36. The van der Waals surface area contributed by atoms with Crippen molar-refractivity contribution in [1.29, 1.82) is 0 Å². The minimum absolute atomic E-state index is 0.0354. The number of alkyl halides is 3. The molecule has 0 radical (unpaired) electrons. The highest BCUT2D eigenvalue weighted by atomic mass is 19.4. The Bertz CT molecular complexity index is 616. The highest BCUT2D eigenvalue weighted by Gasteiger charge is 2.38. The molecule has 0 unspecified atom stereocenters. The Morgan fingerprint density at radius 1 is 1.17 bits per heavy atom. The molecule has 7 heteroatoms. The molecule has 0 spiro atoms. The summed E-state index contributed by atoms with van der Waals surface area (Å²) >= 11 is 0. The van der Waals surface area contributed by atoms with Crippen LogP contribution in [0.4, 0.5) is 18.9 Å². The number of halogens is 3. The van der Waals surface area contributed by atoms with Crippen LogP contribution >= 0.6 is 0 Å². The van der Waals surface area contributed by atoms with Crippen LogP contribution in [0.1, 0.15) is 31.2 Å². The lowest BCUT2D eigenvalue weighted by molar-refractivity contribution is -0.167. The summed E-state index contributed by atoms with van der Waals surface area (Å²) in [5, 5.41) is 4.47. The normalized spacial score (nSPS) is 14.5. The summed E-state index contributed by atoms with van der Waals surface area (Å²) in [5.41, 5.74) is 1.75. The minimum atomic E-state index is -4.93. The molecule has 1 aromatic rings. The Balaban J connectivity index is 1.91. The summed E-state index contributed by atoms with van der Waals surface area (Å²) in [4.78, 5) is 22.7. The molecule has 2 rings (SSSR count). The van der Waals surface area contributed by atoms with Gasteiger partial charge in [-0.3, -0.25) is 9.59 Å². The average Bonchev–Trinajstić information content (AvgIpc) is 2.97. The second-order valence-corrected chi connectivity index (χ2v) is 5.38. The van der Waals surface area contributed by atoms with E-state index in [1.807, 2.05) is 0 Å². The largest absolute Gasteiger partial charge is 0.471 e. The number of carbonyl (C=O) groups excluding carboxylic acids is 2. The van der Waals surface area contributed by atoms with Crippen molar-refractivity contribution in [1.82, 2.24) is 5.32 Å². The van der Waals surface area contributed by atoms with Crippen molar-refractivity contribution in [3.8, 4) is 0 Å². The molecule has 0 aliphatic heterocycles. The van der Waals surface area contributed by atoms with Crippen LogP contribution in [-0.2, 0) is 16.1 Å². The third kappa shape index (κ3) is 5.43. The van der Waals surface area contributed by atoms with Gasteiger partial charge in [-0.25, -0.2) is 0 Å². The molecule has 1 saturated carbocycles. The second-order valence-electron chi connectivity index (χ2n) is 5.38. The van der Waals surface area contributed by atoms with Crippen LogP contribution < -0.4 is 10.6 Å². The van der Waals surface area contributed by atoms with Gasteiger partial charge in [-0.15, -0.1) is 0 Å². The molecule has 0 saturated heterocycles. The number of nitrogens with one attached hydrogen (secondary N) is 2. The van der Waals surface area contributed by atoms with E-state index in [1.165, 1.54) is 18.2 Å². The van der Waals surface area contributed by atoms with Gasteiger partial charge in [0.1, 0.15) is 0 Å². The zero-order valence-electron chi connectivity index (χ0n) is 12.4. The molecule has 1 fully saturated rings. The maximum Gasteiger partial charge on any atom is 0.471 e. The van der Waals surface area contributed by atoms with Gasteiger partial charge in [-0.2, -0.15) is 13.2 Å². The Hall–Kier alpha value is -2.31. The average molecular weight is 326 g/mol. The molecular formula is C16H17F3N2O2. The van der Waals surface area contributed by atoms with E-state index in [-0.39, 0.29) is 18.1 Å². The van der Waals surface area contributed by atoms with Crippen LogP contribution in [0.3, 0.4) is 0 Å². The molecule has 2 amide bonds. The van der Waals surface area contributed by atoms with Gasteiger partial charge in [0.25, 0.3) is 0 Å². The van der Waals surface area contributed by atoms with E-state index in [0.29, 0.717) is 5.56 Å². The lowest BCUT2D eigenvalue weighted by atomic mass is 10.2. The fourth-order valence-corrected chi connectivity index (χ4v) is 2.36. The standard InChI is InChI=1S/C16H17F3N2O2/c17-16(18,19)15(23)21-13-7-3-6-12(8-13)10-20-14(22)9-11-4-1-2-5-11/h3,6-9H,1-2,4-5,10H2,(H,20,22)(H,21,23). The number of hydrogen-bond acceptors (Lipinski definition) is 2. The maximum absolute atomic E-state index is 12.2. The predicted octanol–water partition coefficient (Wildman–Crippen LogP) is 3.30. The molecule has 4 nitrogen and oxygen atoms in total. The molecule has 0 heterocycles. The monoisotopic (exact) mass is 326 g/mol. The molecule has 0 aromatic heterocycles. The van der Waals surface area contributed by atoms with Crippen LogP contribution in [0, 0.1) is 0 Å². The van der Waals surface area contributed by atoms with Gasteiger partial charge in [-0.05, 0) is 43.4 Å². The molecule has 23 heavy (non-hydrogen) atoms. The molecule has 1 aliphatic carbocycles. The van der Waals surface area contributed by atoms with Crippen LogP contribution in [-0.4, -0.2) is 18.0 Å². The van der Waals surface area contributed by atoms with Gasteiger partial charge in [0.2, 0.25) is 5.91 Å². The van der Waals surface area contributed by atoms with Gasteiger partial charge in [0.15, 0.2) is 0 Å². The number of hydrogen-bond donors (Lipinski definition) is 2. The molecule has 0 atom stereocenters. The molecule has 0 bridgehead atoms. The SMILES string of the molecule is O=C(C=C1CCCC1)NCc1cccc(NC(=O)C(F)(F)F)c1. The van der Waals surface area contributed by atoms with Gasteiger partial charge < -0.3 is 10.6 Å². The Morgan fingerprint density at radius 2 is 1.87 bits per heavy atom. The topological polar surface area (TPSA) is 58.2 Å². The van der Waals surface area contributed by atoms with E-state index in [4.69, 9.17) is 0 Å².